The first-order valence-electron chi connectivity index (χ1n) is 5.73. The summed E-state index contributed by atoms with van der Waals surface area (Å²) in [6, 6.07) is 8.74. The minimum atomic E-state index is -0.682. The van der Waals surface area contributed by atoms with Crippen LogP contribution < -0.4 is 16.2 Å². The maximum Gasteiger partial charge on any atom is 0.248 e. The van der Waals surface area contributed by atoms with E-state index in [4.69, 9.17) is 27.8 Å². The van der Waals surface area contributed by atoms with E-state index in [-0.39, 0.29) is 12.2 Å². The molecule has 104 valence electrons. The SMILES string of the molecule is NC(=O)c1ccc(COc2ccc(Cl)cc2N)c(F)c1. The smallest absolute Gasteiger partial charge is 0.248 e. The molecule has 0 aromatic heterocycles. The summed E-state index contributed by atoms with van der Waals surface area (Å²) in [5, 5.41) is 0.492. The minimum Gasteiger partial charge on any atom is -0.487 e. The summed E-state index contributed by atoms with van der Waals surface area (Å²) < 4.78 is 19.2. The van der Waals surface area contributed by atoms with E-state index in [0.29, 0.717) is 22.0 Å². The van der Waals surface area contributed by atoms with Gasteiger partial charge in [-0.1, -0.05) is 17.7 Å². The van der Waals surface area contributed by atoms with Gasteiger partial charge in [0.1, 0.15) is 18.2 Å². The molecule has 20 heavy (non-hydrogen) atoms. The van der Waals surface area contributed by atoms with Crippen LogP contribution in [0.4, 0.5) is 10.1 Å². The van der Waals surface area contributed by atoms with Crippen LogP contribution in [0.1, 0.15) is 15.9 Å². The molecule has 0 saturated carbocycles. The Bertz CT molecular complexity index is 662. The monoisotopic (exact) mass is 294 g/mol. The van der Waals surface area contributed by atoms with Gasteiger partial charge >= 0.3 is 0 Å². The molecule has 0 aliphatic heterocycles. The fourth-order valence-electron chi connectivity index (χ4n) is 1.62. The van der Waals surface area contributed by atoms with Gasteiger partial charge in [0.25, 0.3) is 0 Å². The van der Waals surface area contributed by atoms with Crippen molar-refractivity contribution < 1.29 is 13.9 Å². The molecule has 0 heterocycles. The Kier molecular flexibility index (Phi) is 4.10. The van der Waals surface area contributed by atoms with Gasteiger partial charge in [-0.25, -0.2) is 4.39 Å². The highest BCUT2D eigenvalue weighted by Gasteiger charge is 2.08. The molecular weight excluding hydrogens is 283 g/mol. The number of nitrogens with two attached hydrogens (primary N) is 2. The minimum absolute atomic E-state index is 0.0172. The lowest BCUT2D eigenvalue weighted by molar-refractivity contribution is 0.0999. The molecule has 0 atom stereocenters. The fourth-order valence-corrected chi connectivity index (χ4v) is 1.80. The third-order valence-electron chi connectivity index (χ3n) is 2.69. The molecular formula is C14H12ClFN2O2. The summed E-state index contributed by atoms with van der Waals surface area (Å²) in [6.45, 7) is -0.0172. The highest BCUT2D eigenvalue weighted by Crippen LogP contribution is 2.26. The Balaban J connectivity index is 2.13. The van der Waals surface area contributed by atoms with Crippen molar-refractivity contribution in [1.82, 2.24) is 0 Å². The first kappa shape index (κ1) is 14.1. The van der Waals surface area contributed by atoms with Crippen molar-refractivity contribution in [1.29, 1.82) is 0 Å². The molecule has 0 aliphatic carbocycles. The fraction of sp³-hybridized carbons (Fsp3) is 0.0714. The van der Waals surface area contributed by atoms with E-state index in [2.05, 4.69) is 0 Å². The predicted octanol–water partition coefficient (Wildman–Crippen LogP) is 2.74. The van der Waals surface area contributed by atoms with Gasteiger partial charge in [0, 0.05) is 16.1 Å². The molecule has 0 unspecified atom stereocenters. The van der Waals surface area contributed by atoms with Gasteiger partial charge in [-0.15, -0.1) is 0 Å². The molecule has 6 heteroatoms. The molecule has 0 saturated heterocycles. The van der Waals surface area contributed by atoms with Crippen molar-refractivity contribution in [2.45, 2.75) is 6.61 Å². The van der Waals surface area contributed by atoms with Gasteiger partial charge in [0.05, 0.1) is 5.69 Å². The normalized spacial score (nSPS) is 10.3. The van der Waals surface area contributed by atoms with Crippen molar-refractivity contribution in [3.8, 4) is 5.75 Å². The van der Waals surface area contributed by atoms with Crippen LogP contribution in [0.15, 0.2) is 36.4 Å². The van der Waals surface area contributed by atoms with Crippen molar-refractivity contribution in [2.24, 2.45) is 5.73 Å². The summed E-state index contributed by atoms with van der Waals surface area (Å²) in [6.07, 6.45) is 0. The Morgan fingerprint density at radius 2 is 2.00 bits per heavy atom. The van der Waals surface area contributed by atoms with E-state index >= 15 is 0 Å². The summed E-state index contributed by atoms with van der Waals surface area (Å²) in [4.78, 5) is 10.9. The lowest BCUT2D eigenvalue weighted by Gasteiger charge is -2.10. The second kappa shape index (κ2) is 5.79. The molecule has 2 aromatic rings. The van der Waals surface area contributed by atoms with Gasteiger partial charge in [-0.3, -0.25) is 4.79 Å². The van der Waals surface area contributed by atoms with E-state index in [1.165, 1.54) is 12.1 Å². The van der Waals surface area contributed by atoms with E-state index < -0.39 is 11.7 Å². The van der Waals surface area contributed by atoms with Crippen LogP contribution in [0, 0.1) is 5.82 Å². The Morgan fingerprint density at radius 1 is 1.25 bits per heavy atom. The number of benzene rings is 2. The summed E-state index contributed by atoms with van der Waals surface area (Å²) >= 11 is 5.77. The van der Waals surface area contributed by atoms with Crippen molar-refractivity contribution in [3.63, 3.8) is 0 Å². The van der Waals surface area contributed by atoms with E-state index in [1.54, 1.807) is 18.2 Å². The van der Waals surface area contributed by atoms with Crippen LogP contribution >= 0.6 is 11.6 Å². The van der Waals surface area contributed by atoms with Crippen molar-refractivity contribution in [3.05, 3.63) is 58.4 Å². The number of nitrogen functional groups attached to an aromatic ring is 1. The molecule has 1 amide bonds. The molecule has 0 fully saturated rings. The Labute approximate surface area is 120 Å². The zero-order valence-corrected chi connectivity index (χ0v) is 11.2. The number of hydrogen-bond acceptors (Lipinski definition) is 3. The largest absolute Gasteiger partial charge is 0.487 e. The molecule has 0 radical (unpaired) electrons. The van der Waals surface area contributed by atoms with Crippen LogP contribution in [0.25, 0.3) is 0 Å². The number of anilines is 1. The number of primary amides is 1. The van der Waals surface area contributed by atoms with Crippen LogP contribution in [0.5, 0.6) is 5.75 Å². The van der Waals surface area contributed by atoms with Gasteiger partial charge < -0.3 is 16.2 Å². The van der Waals surface area contributed by atoms with Gasteiger partial charge in [0.15, 0.2) is 0 Å². The number of amides is 1. The Morgan fingerprint density at radius 3 is 2.60 bits per heavy atom. The molecule has 4 nitrogen and oxygen atoms in total. The number of carbonyl (C=O) groups excluding carboxylic acids is 1. The third-order valence-corrected chi connectivity index (χ3v) is 2.93. The third kappa shape index (κ3) is 3.19. The quantitative estimate of drug-likeness (QED) is 0.851. The number of ether oxygens (including phenoxy) is 1. The van der Waals surface area contributed by atoms with Crippen molar-refractivity contribution in [2.75, 3.05) is 5.73 Å². The van der Waals surface area contributed by atoms with E-state index in [1.807, 2.05) is 0 Å². The maximum atomic E-state index is 13.7. The van der Waals surface area contributed by atoms with Crippen LogP contribution in [0.2, 0.25) is 5.02 Å². The number of rotatable bonds is 4. The second-order valence-electron chi connectivity index (χ2n) is 4.14. The standard InChI is InChI=1S/C14H12ClFN2O2/c15-10-3-4-13(12(17)6-10)20-7-9-2-1-8(14(18)19)5-11(9)16/h1-6H,7,17H2,(H2,18,19). The topological polar surface area (TPSA) is 78.3 Å². The van der Waals surface area contributed by atoms with E-state index in [0.717, 1.165) is 6.07 Å². The number of carbonyl (C=O) groups is 1. The summed E-state index contributed by atoms with van der Waals surface area (Å²) in [7, 11) is 0. The van der Waals surface area contributed by atoms with Crippen LogP contribution in [-0.4, -0.2) is 5.91 Å². The zero-order chi connectivity index (χ0) is 14.7. The second-order valence-corrected chi connectivity index (χ2v) is 4.58. The van der Waals surface area contributed by atoms with Crippen LogP contribution in [0.3, 0.4) is 0 Å². The zero-order valence-electron chi connectivity index (χ0n) is 10.4. The lowest BCUT2D eigenvalue weighted by atomic mass is 10.1. The van der Waals surface area contributed by atoms with Gasteiger partial charge in [-0.05, 0) is 30.3 Å². The Hall–Kier alpha value is -2.27. The molecule has 0 bridgehead atoms. The summed E-state index contributed by atoms with van der Waals surface area (Å²) in [5.41, 5.74) is 11.6. The van der Waals surface area contributed by atoms with E-state index in [9.17, 15) is 9.18 Å². The highest BCUT2D eigenvalue weighted by atomic mass is 35.5. The first-order chi connectivity index (χ1) is 9.47. The predicted molar refractivity (Wildman–Crippen MR) is 75.1 cm³/mol. The molecule has 0 spiro atoms. The highest BCUT2D eigenvalue weighted by molar-refractivity contribution is 6.30. The average Bonchev–Trinajstić information content (AvgIpc) is 2.38. The number of halogens is 2. The van der Waals surface area contributed by atoms with Crippen LogP contribution in [-0.2, 0) is 6.61 Å². The van der Waals surface area contributed by atoms with Gasteiger partial charge in [-0.2, -0.15) is 0 Å². The average molecular weight is 295 g/mol. The van der Waals surface area contributed by atoms with Crippen molar-refractivity contribution >= 4 is 23.2 Å². The van der Waals surface area contributed by atoms with Gasteiger partial charge in [0.2, 0.25) is 5.91 Å². The molecule has 0 aliphatic rings. The molecule has 2 rings (SSSR count). The lowest BCUT2D eigenvalue weighted by Crippen LogP contribution is -2.12. The summed E-state index contributed by atoms with van der Waals surface area (Å²) in [5.74, 6) is -0.833. The first-order valence-corrected chi connectivity index (χ1v) is 6.11. The maximum absolute atomic E-state index is 13.7. The molecule has 4 N–H and O–H groups in total. The number of hydrogen-bond donors (Lipinski definition) is 2. The molecule has 2 aromatic carbocycles.